The molecule has 0 spiro atoms. The van der Waals surface area contributed by atoms with E-state index in [9.17, 15) is 15.0 Å². The van der Waals surface area contributed by atoms with E-state index in [1.165, 1.54) is 7.11 Å². The van der Waals surface area contributed by atoms with Crippen LogP contribution in [0.15, 0.2) is 41.1 Å². The molecule has 0 aromatic heterocycles. The number of ether oxygens (including phenoxy) is 2. The van der Waals surface area contributed by atoms with Gasteiger partial charge in [0, 0.05) is 11.3 Å². The lowest BCUT2D eigenvalue weighted by molar-refractivity contribution is -0.138. The maximum Gasteiger partial charge on any atom is 0.337 e. The van der Waals surface area contributed by atoms with E-state index in [0.29, 0.717) is 22.4 Å². The molecule has 0 saturated heterocycles. The first kappa shape index (κ1) is 18.6. The van der Waals surface area contributed by atoms with Gasteiger partial charge in [0.1, 0.15) is 4.99 Å². The summed E-state index contributed by atoms with van der Waals surface area (Å²) in [5, 5.41) is 12.4. The van der Waals surface area contributed by atoms with Crippen LogP contribution in [0.2, 0.25) is 0 Å². The van der Waals surface area contributed by atoms with Crippen molar-refractivity contribution in [2.45, 2.75) is 19.8 Å². The molecule has 1 aliphatic rings. The number of benzene rings is 1. The van der Waals surface area contributed by atoms with Crippen LogP contribution in [0.3, 0.4) is 0 Å². The number of nitrogens with zero attached hydrogens (tertiary/aromatic N) is 1. The highest BCUT2D eigenvalue weighted by Crippen LogP contribution is 2.36. The highest BCUT2D eigenvalue weighted by Gasteiger charge is 2.34. The van der Waals surface area contributed by atoms with Gasteiger partial charge in [0.25, 0.3) is 0 Å². The van der Waals surface area contributed by atoms with Crippen molar-refractivity contribution in [2.75, 3.05) is 13.7 Å². The van der Waals surface area contributed by atoms with Crippen molar-refractivity contribution in [3.63, 3.8) is 0 Å². The first-order valence-electron chi connectivity index (χ1n) is 7.59. The van der Waals surface area contributed by atoms with Crippen molar-refractivity contribution in [2.24, 2.45) is 0 Å². The Bertz CT molecular complexity index is 805. The van der Waals surface area contributed by atoms with E-state index in [0.717, 1.165) is 0 Å². The third kappa shape index (κ3) is 3.68. The van der Waals surface area contributed by atoms with Gasteiger partial charge in [-0.25, -0.2) is 9.59 Å². The van der Waals surface area contributed by atoms with Crippen LogP contribution in [0.1, 0.15) is 35.7 Å². The second kappa shape index (κ2) is 7.88. The first-order valence-corrected chi connectivity index (χ1v) is 7.99. The van der Waals surface area contributed by atoms with Crippen LogP contribution >= 0.6 is 12.2 Å². The Morgan fingerprint density at radius 2 is 1.92 bits per heavy atom. The molecule has 130 valence electrons. The third-order valence-corrected chi connectivity index (χ3v) is 4.13. The zero-order valence-electron chi connectivity index (χ0n) is 14.1. The van der Waals surface area contributed by atoms with Gasteiger partial charge in [0.05, 0.1) is 30.8 Å². The molecule has 1 N–H and O–H groups in total. The van der Waals surface area contributed by atoms with Gasteiger partial charge in [-0.2, -0.15) is 0 Å². The Morgan fingerprint density at radius 3 is 2.44 bits per heavy atom. The van der Waals surface area contributed by atoms with Crippen LogP contribution in [0.4, 0.5) is 0 Å². The SMILES string of the molecule is CCOC(=O)C1=C(C)NC(=S)C(=C=[N-])C1c1ccc(C(=O)OC)cc1. The van der Waals surface area contributed by atoms with Gasteiger partial charge in [-0.15, -0.1) is 0 Å². The molecule has 1 atom stereocenters. The van der Waals surface area contributed by atoms with Crippen LogP contribution in [0.5, 0.6) is 0 Å². The van der Waals surface area contributed by atoms with E-state index < -0.39 is 17.9 Å². The molecule has 0 amide bonds. The zero-order chi connectivity index (χ0) is 18.6. The van der Waals surface area contributed by atoms with E-state index in [2.05, 4.69) is 15.9 Å². The Labute approximate surface area is 151 Å². The Balaban J connectivity index is 2.57. The highest BCUT2D eigenvalue weighted by atomic mass is 32.1. The summed E-state index contributed by atoms with van der Waals surface area (Å²) in [6.07, 6.45) is 0. The molecule has 0 radical (unpaired) electrons. The molecule has 6 nitrogen and oxygen atoms in total. The fourth-order valence-electron chi connectivity index (χ4n) is 2.65. The molecule has 25 heavy (non-hydrogen) atoms. The summed E-state index contributed by atoms with van der Waals surface area (Å²) in [5.74, 6) is 0.456. The molecular formula is C18H17N2O4S-. The number of carbonyl (C=O) groups excluding carboxylic acids is 2. The van der Waals surface area contributed by atoms with Crippen LogP contribution in [0.25, 0.3) is 5.41 Å². The van der Waals surface area contributed by atoms with E-state index in [1.54, 1.807) is 38.1 Å². The van der Waals surface area contributed by atoms with Gasteiger partial charge in [0.15, 0.2) is 0 Å². The van der Waals surface area contributed by atoms with Crippen molar-refractivity contribution in [3.8, 4) is 0 Å². The fraction of sp³-hybridized carbons (Fsp3) is 0.278. The van der Waals surface area contributed by atoms with E-state index >= 15 is 0 Å². The fourth-order valence-corrected chi connectivity index (χ4v) is 2.97. The number of carbonyl (C=O) groups is 2. The minimum absolute atomic E-state index is 0.218. The van der Waals surface area contributed by atoms with Crippen LogP contribution in [-0.4, -0.2) is 36.5 Å². The number of methoxy groups -OCH3 is 1. The van der Waals surface area contributed by atoms with Crippen LogP contribution in [0, 0.1) is 0 Å². The second-order valence-electron chi connectivity index (χ2n) is 5.29. The normalized spacial score (nSPS) is 16.8. The summed E-state index contributed by atoms with van der Waals surface area (Å²) in [6, 6.07) is 6.52. The summed E-state index contributed by atoms with van der Waals surface area (Å²) < 4.78 is 9.81. The molecule has 2 rings (SSSR count). The summed E-state index contributed by atoms with van der Waals surface area (Å²) in [6.45, 7) is 3.64. The van der Waals surface area contributed by atoms with Gasteiger partial charge in [-0.05, 0) is 31.5 Å². The lowest BCUT2D eigenvalue weighted by Crippen LogP contribution is -2.35. The molecule has 1 aromatic carbocycles. The first-order chi connectivity index (χ1) is 11.9. The molecule has 7 heteroatoms. The Kier molecular flexibility index (Phi) is 5.85. The third-order valence-electron chi connectivity index (χ3n) is 3.81. The van der Waals surface area contributed by atoms with Gasteiger partial charge in [-0.1, -0.05) is 24.4 Å². The van der Waals surface area contributed by atoms with Crippen LogP contribution < -0.4 is 5.32 Å². The van der Waals surface area contributed by atoms with Gasteiger partial charge in [0.2, 0.25) is 0 Å². The minimum Gasteiger partial charge on any atom is -0.763 e. The quantitative estimate of drug-likeness (QED) is 0.386. The summed E-state index contributed by atoms with van der Waals surface area (Å²) in [5.41, 5.74) is 2.17. The number of allylic oxidation sites excluding steroid dienone is 1. The van der Waals surface area contributed by atoms with E-state index in [4.69, 9.17) is 17.0 Å². The lowest BCUT2D eigenvalue weighted by Gasteiger charge is -2.30. The predicted octanol–water partition coefficient (Wildman–Crippen LogP) is 2.49. The zero-order valence-corrected chi connectivity index (χ0v) is 14.9. The topological polar surface area (TPSA) is 86.9 Å². The van der Waals surface area contributed by atoms with Crippen molar-refractivity contribution < 1.29 is 19.1 Å². The highest BCUT2D eigenvalue weighted by molar-refractivity contribution is 7.80. The Morgan fingerprint density at radius 1 is 1.28 bits per heavy atom. The van der Waals surface area contributed by atoms with Crippen molar-refractivity contribution >= 4 is 35.0 Å². The van der Waals surface area contributed by atoms with E-state index in [1.807, 2.05) is 0 Å². The van der Waals surface area contributed by atoms with Gasteiger partial charge >= 0.3 is 11.9 Å². The number of nitrogens with one attached hydrogen (secondary N) is 1. The lowest BCUT2D eigenvalue weighted by atomic mass is 9.81. The molecule has 1 heterocycles. The molecule has 0 bridgehead atoms. The summed E-state index contributed by atoms with van der Waals surface area (Å²) >= 11 is 5.24. The number of rotatable bonds is 4. The monoisotopic (exact) mass is 357 g/mol. The predicted molar refractivity (Wildman–Crippen MR) is 97.5 cm³/mol. The van der Waals surface area contributed by atoms with Gasteiger partial charge in [-0.3, -0.25) is 5.87 Å². The van der Waals surface area contributed by atoms with E-state index in [-0.39, 0.29) is 17.2 Å². The average molecular weight is 357 g/mol. The minimum atomic E-state index is -0.649. The summed E-state index contributed by atoms with van der Waals surface area (Å²) in [4.78, 5) is 24.3. The average Bonchev–Trinajstić information content (AvgIpc) is 2.60. The largest absolute Gasteiger partial charge is 0.763 e. The maximum absolute atomic E-state index is 12.4. The molecule has 1 unspecified atom stereocenters. The molecular weight excluding hydrogens is 340 g/mol. The molecule has 1 aliphatic heterocycles. The number of hydrogen-bond donors (Lipinski definition) is 1. The van der Waals surface area contributed by atoms with Crippen molar-refractivity contribution in [1.82, 2.24) is 5.32 Å². The standard InChI is InChI=1S/C18H17N2O4S/c1-4-24-18(22)14-10(2)20-16(25)13(9-19)15(14)11-5-7-12(8-6-11)17(21)23-3/h5-8,15H,4H2,1-3H3,(H,20,25)/q-1. The number of hydrogen-bond acceptors (Lipinski definition) is 5. The Hall–Kier alpha value is -2.76. The molecule has 0 saturated carbocycles. The van der Waals surface area contributed by atoms with Crippen molar-refractivity contribution in [3.05, 3.63) is 57.6 Å². The molecule has 0 aliphatic carbocycles. The molecule has 0 fully saturated rings. The smallest absolute Gasteiger partial charge is 0.337 e. The number of esters is 2. The van der Waals surface area contributed by atoms with Gasteiger partial charge < -0.3 is 20.2 Å². The maximum atomic E-state index is 12.4. The second-order valence-corrected chi connectivity index (χ2v) is 5.69. The summed E-state index contributed by atoms with van der Waals surface area (Å²) in [7, 11) is 1.30. The van der Waals surface area contributed by atoms with Crippen molar-refractivity contribution in [1.29, 1.82) is 0 Å². The van der Waals surface area contributed by atoms with Crippen LogP contribution in [-0.2, 0) is 14.3 Å². The molecule has 1 aromatic rings. The number of thiocarbonyl (C=S) groups is 1.